The van der Waals surface area contributed by atoms with E-state index in [1.807, 2.05) is 0 Å². The Hall–Kier alpha value is -0.580. The summed E-state index contributed by atoms with van der Waals surface area (Å²) in [7, 11) is 1.14. The third-order valence-corrected chi connectivity index (χ3v) is 3.49. The third-order valence-electron chi connectivity index (χ3n) is 1.75. The highest BCUT2D eigenvalue weighted by Crippen LogP contribution is 2.27. The van der Waals surface area contributed by atoms with Gasteiger partial charge in [0.2, 0.25) is 5.88 Å². The van der Waals surface area contributed by atoms with Crippen molar-refractivity contribution in [3.63, 3.8) is 0 Å². The lowest BCUT2D eigenvalue weighted by Gasteiger charge is -2.12. The number of esters is 1. The molecule has 18 heavy (non-hydrogen) atoms. The molecular formula is C9H6BrF3INO3. The van der Waals surface area contributed by atoms with Crippen LogP contribution < -0.4 is 4.74 Å². The summed E-state index contributed by atoms with van der Waals surface area (Å²) in [6, 6.07) is 0.896. The average molecular weight is 440 g/mol. The van der Waals surface area contributed by atoms with E-state index in [2.05, 4.69) is 30.4 Å². The van der Waals surface area contributed by atoms with Crippen molar-refractivity contribution in [3.05, 3.63) is 20.9 Å². The fraction of sp³-hybridized carbons (Fsp3) is 0.333. The van der Waals surface area contributed by atoms with E-state index in [1.165, 1.54) is 0 Å². The third kappa shape index (κ3) is 3.97. The standard InChI is InChI=1S/C9H6BrF3INO3/c1-17-8(16)4-2-6(18-9(11,12)13)15-5(3-10)7(4)14/h2H,3H2,1H3. The van der Waals surface area contributed by atoms with E-state index in [0.29, 0.717) is 3.57 Å². The smallest absolute Gasteiger partial charge is 0.465 e. The number of alkyl halides is 4. The van der Waals surface area contributed by atoms with Crippen molar-refractivity contribution in [3.8, 4) is 5.88 Å². The van der Waals surface area contributed by atoms with Crippen LogP contribution in [0.4, 0.5) is 13.2 Å². The van der Waals surface area contributed by atoms with Gasteiger partial charge in [0, 0.05) is 11.4 Å². The molecule has 0 saturated heterocycles. The van der Waals surface area contributed by atoms with Crippen molar-refractivity contribution < 1.29 is 27.4 Å². The minimum atomic E-state index is -4.86. The maximum Gasteiger partial charge on any atom is 0.574 e. The van der Waals surface area contributed by atoms with Crippen LogP contribution >= 0.6 is 38.5 Å². The first-order valence-electron chi connectivity index (χ1n) is 4.38. The predicted molar refractivity (Wildman–Crippen MR) is 67.6 cm³/mol. The van der Waals surface area contributed by atoms with Gasteiger partial charge in [-0.15, -0.1) is 13.2 Å². The van der Waals surface area contributed by atoms with Gasteiger partial charge < -0.3 is 9.47 Å². The molecule has 0 unspecified atom stereocenters. The zero-order chi connectivity index (χ0) is 13.9. The molecule has 1 heterocycles. The number of nitrogens with zero attached hydrogens (tertiary/aromatic N) is 1. The zero-order valence-corrected chi connectivity index (χ0v) is 12.6. The fourth-order valence-corrected chi connectivity index (χ4v) is 2.69. The van der Waals surface area contributed by atoms with Gasteiger partial charge in [0.05, 0.1) is 21.9 Å². The number of methoxy groups -OCH3 is 1. The van der Waals surface area contributed by atoms with Gasteiger partial charge >= 0.3 is 12.3 Å². The fourth-order valence-electron chi connectivity index (χ4n) is 1.07. The Morgan fingerprint density at radius 1 is 1.56 bits per heavy atom. The first-order valence-corrected chi connectivity index (χ1v) is 6.58. The van der Waals surface area contributed by atoms with Crippen molar-refractivity contribution in [1.82, 2.24) is 4.98 Å². The first-order chi connectivity index (χ1) is 8.28. The van der Waals surface area contributed by atoms with Crippen LogP contribution in [0, 0.1) is 3.57 Å². The van der Waals surface area contributed by atoms with Crippen molar-refractivity contribution >= 4 is 44.5 Å². The summed E-state index contributed by atoms with van der Waals surface area (Å²) in [6.07, 6.45) is -4.86. The highest BCUT2D eigenvalue weighted by atomic mass is 127. The molecular weight excluding hydrogens is 434 g/mol. The Morgan fingerprint density at radius 2 is 2.17 bits per heavy atom. The molecule has 0 aliphatic rings. The Bertz CT molecular complexity index is 467. The van der Waals surface area contributed by atoms with Crippen LogP contribution in [0.3, 0.4) is 0 Å². The van der Waals surface area contributed by atoms with Gasteiger partial charge in [-0.3, -0.25) is 0 Å². The number of halogens is 5. The van der Waals surface area contributed by atoms with Crippen LogP contribution in [0.25, 0.3) is 0 Å². The second-order valence-electron chi connectivity index (χ2n) is 2.94. The molecule has 0 radical (unpaired) electrons. The van der Waals surface area contributed by atoms with E-state index in [4.69, 9.17) is 0 Å². The summed E-state index contributed by atoms with van der Waals surface area (Å²) >= 11 is 4.87. The van der Waals surface area contributed by atoms with Crippen molar-refractivity contribution in [2.75, 3.05) is 7.11 Å². The summed E-state index contributed by atoms with van der Waals surface area (Å²) in [6.45, 7) is 0. The summed E-state index contributed by atoms with van der Waals surface area (Å²) < 4.78 is 44.9. The van der Waals surface area contributed by atoms with Crippen LogP contribution in [0.1, 0.15) is 16.1 Å². The summed E-state index contributed by atoms with van der Waals surface area (Å²) in [5.41, 5.74) is 0.236. The Kier molecular flexibility index (Phi) is 5.20. The van der Waals surface area contributed by atoms with Gasteiger partial charge in [-0.1, -0.05) is 15.9 Å². The lowest BCUT2D eigenvalue weighted by molar-refractivity contribution is -0.276. The summed E-state index contributed by atoms with van der Waals surface area (Å²) in [5, 5.41) is 0.185. The Balaban J connectivity index is 3.26. The molecule has 1 rings (SSSR count). The van der Waals surface area contributed by atoms with Gasteiger partial charge in [0.1, 0.15) is 0 Å². The molecule has 0 bridgehead atoms. The molecule has 0 spiro atoms. The summed E-state index contributed by atoms with van der Waals surface area (Å²) in [5.74, 6) is -1.45. The zero-order valence-electron chi connectivity index (χ0n) is 8.85. The number of hydrogen-bond acceptors (Lipinski definition) is 4. The average Bonchev–Trinajstić information content (AvgIpc) is 2.28. The van der Waals surface area contributed by atoms with Gasteiger partial charge in [-0.25, -0.2) is 9.78 Å². The number of ether oxygens (including phenoxy) is 2. The minimum absolute atomic E-state index is 0.0261. The topological polar surface area (TPSA) is 48.4 Å². The number of hydrogen-bond donors (Lipinski definition) is 0. The lowest BCUT2D eigenvalue weighted by Crippen LogP contribution is -2.19. The van der Waals surface area contributed by atoms with Crippen LogP contribution in [-0.2, 0) is 10.1 Å². The quantitative estimate of drug-likeness (QED) is 0.412. The van der Waals surface area contributed by atoms with E-state index >= 15 is 0 Å². The maximum atomic E-state index is 12.1. The van der Waals surface area contributed by atoms with Gasteiger partial charge in [0.25, 0.3) is 0 Å². The number of pyridine rings is 1. The maximum absolute atomic E-state index is 12.1. The molecule has 0 saturated carbocycles. The molecule has 4 nitrogen and oxygen atoms in total. The molecule has 0 aliphatic heterocycles. The van der Waals surface area contributed by atoms with Gasteiger partial charge in [-0.2, -0.15) is 0 Å². The molecule has 0 aliphatic carbocycles. The minimum Gasteiger partial charge on any atom is -0.465 e. The highest BCUT2D eigenvalue weighted by molar-refractivity contribution is 14.1. The predicted octanol–water partition coefficient (Wildman–Crippen LogP) is 3.27. The number of aromatic nitrogens is 1. The Morgan fingerprint density at radius 3 is 2.61 bits per heavy atom. The second kappa shape index (κ2) is 6.04. The largest absolute Gasteiger partial charge is 0.574 e. The normalized spacial score (nSPS) is 11.2. The first kappa shape index (κ1) is 15.5. The van der Waals surface area contributed by atoms with Crippen molar-refractivity contribution in [2.45, 2.75) is 11.7 Å². The summed E-state index contributed by atoms with van der Waals surface area (Å²) in [4.78, 5) is 15.1. The molecule has 0 atom stereocenters. The number of rotatable bonds is 3. The van der Waals surface area contributed by atoms with E-state index in [0.717, 1.165) is 13.2 Å². The number of carbonyl (C=O) groups excluding carboxylic acids is 1. The van der Waals surface area contributed by atoms with Crippen LogP contribution in [0.15, 0.2) is 6.07 Å². The van der Waals surface area contributed by atoms with E-state index in [9.17, 15) is 18.0 Å². The molecule has 0 aromatic carbocycles. The van der Waals surface area contributed by atoms with Gasteiger partial charge in [-0.05, 0) is 22.6 Å². The van der Waals surface area contributed by atoms with Gasteiger partial charge in [0.15, 0.2) is 0 Å². The lowest BCUT2D eigenvalue weighted by atomic mass is 10.2. The van der Waals surface area contributed by atoms with E-state index in [-0.39, 0.29) is 16.6 Å². The van der Waals surface area contributed by atoms with Crippen LogP contribution in [0.5, 0.6) is 5.88 Å². The van der Waals surface area contributed by atoms with E-state index < -0.39 is 18.2 Å². The van der Waals surface area contributed by atoms with Crippen molar-refractivity contribution in [2.24, 2.45) is 0 Å². The molecule has 9 heteroatoms. The molecule has 1 aromatic rings. The van der Waals surface area contributed by atoms with Crippen molar-refractivity contribution in [1.29, 1.82) is 0 Å². The highest BCUT2D eigenvalue weighted by Gasteiger charge is 2.32. The molecule has 0 amide bonds. The Labute approximate surface area is 122 Å². The number of carbonyl (C=O) groups is 1. The molecule has 1 aromatic heterocycles. The van der Waals surface area contributed by atoms with Crippen LogP contribution in [-0.4, -0.2) is 24.4 Å². The monoisotopic (exact) mass is 439 g/mol. The van der Waals surface area contributed by atoms with Crippen LogP contribution in [0.2, 0.25) is 0 Å². The second-order valence-corrected chi connectivity index (χ2v) is 4.58. The molecule has 0 N–H and O–H groups in total. The van der Waals surface area contributed by atoms with E-state index in [1.54, 1.807) is 22.6 Å². The molecule has 0 fully saturated rings. The SMILES string of the molecule is COC(=O)c1cc(OC(F)(F)F)nc(CBr)c1I. The molecule has 100 valence electrons.